The molecule has 0 bridgehead atoms. The molecule has 2 aromatic carbocycles. The molecule has 0 saturated carbocycles. The van der Waals surface area contributed by atoms with Crippen molar-refractivity contribution in [3.05, 3.63) is 80.8 Å². The normalized spacial score (nSPS) is 10.3. The van der Waals surface area contributed by atoms with Crippen molar-refractivity contribution in [2.75, 3.05) is 18.4 Å². The molecule has 0 aliphatic carbocycles. The zero-order valence-electron chi connectivity index (χ0n) is 14.8. The van der Waals surface area contributed by atoms with Gasteiger partial charge in [-0.05, 0) is 24.3 Å². The molecule has 9 heteroatoms. The SMILES string of the molecule is O=C(NCCNc1ccccc1[N+](=O)[O-])c1cccc(OCc2cscn2)c1. The number of aromatic nitrogens is 1. The standard InChI is InChI=1S/C19H18N4O4S/c24-19(21-9-8-20-17-6-1-2-7-18(17)23(25)26)14-4-3-5-16(10-14)27-11-15-12-28-13-22-15/h1-7,10,12-13,20H,8-9,11H2,(H,21,24). The van der Waals surface area contributed by atoms with E-state index in [1.807, 2.05) is 5.38 Å². The summed E-state index contributed by atoms with van der Waals surface area (Å²) in [6, 6.07) is 13.3. The van der Waals surface area contributed by atoms with Crippen LogP contribution in [-0.4, -0.2) is 28.9 Å². The quantitative estimate of drug-likeness (QED) is 0.325. The van der Waals surface area contributed by atoms with E-state index in [1.165, 1.54) is 17.4 Å². The van der Waals surface area contributed by atoms with Crippen LogP contribution in [0.1, 0.15) is 16.1 Å². The molecule has 2 N–H and O–H groups in total. The van der Waals surface area contributed by atoms with E-state index in [-0.39, 0.29) is 11.6 Å². The van der Waals surface area contributed by atoms with Gasteiger partial charge < -0.3 is 15.4 Å². The van der Waals surface area contributed by atoms with Crippen LogP contribution in [0.15, 0.2) is 59.4 Å². The summed E-state index contributed by atoms with van der Waals surface area (Å²) in [4.78, 5) is 27.0. The summed E-state index contributed by atoms with van der Waals surface area (Å²) in [6.07, 6.45) is 0. The van der Waals surface area contributed by atoms with E-state index in [2.05, 4.69) is 15.6 Å². The van der Waals surface area contributed by atoms with Crippen LogP contribution in [0.3, 0.4) is 0 Å². The van der Waals surface area contributed by atoms with Crippen molar-refractivity contribution in [2.45, 2.75) is 6.61 Å². The average Bonchev–Trinajstić information content (AvgIpc) is 3.23. The second kappa shape index (κ2) is 9.47. The first-order chi connectivity index (χ1) is 13.6. The van der Waals surface area contributed by atoms with Crippen molar-refractivity contribution < 1.29 is 14.5 Å². The van der Waals surface area contributed by atoms with Crippen molar-refractivity contribution in [1.29, 1.82) is 0 Å². The van der Waals surface area contributed by atoms with Crippen LogP contribution in [-0.2, 0) is 6.61 Å². The summed E-state index contributed by atoms with van der Waals surface area (Å²) in [7, 11) is 0. The van der Waals surface area contributed by atoms with Crippen molar-refractivity contribution >= 4 is 28.6 Å². The maximum atomic E-state index is 12.3. The number of nitrogens with one attached hydrogen (secondary N) is 2. The molecule has 1 heterocycles. The molecule has 3 aromatic rings. The number of benzene rings is 2. The van der Waals surface area contributed by atoms with E-state index in [9.17, 15) is 14.9 Å². The highest BCUT2D eigenvalue weighted by Gasteiger charge is 2.12. The number of para-hydroxylation sites is 2. The number of carbonyl (C=O) groups is 1. The van der Waals surface area contributed by atoms with E-state index < -0.39 is 4.92 Å². The maximum Gasteiger partial charge on any atom is 0.292 e. The van der Waals surface area contributed by atoms with Gasteiger partial charge >= 0.3 is 0 Å². The van der Waals surface area contributed by atoms with Crippen molar-refractivity contribution in [1.82, 2.24) is 10.3 Å². The van der Waals surface area contributed by atoms with Gasteiger partial charge in [0.25, 0.3) is 11.6 Å². The van der Waals surface area contributed by atoms with Gasteiger partial charge in [0.2, 0.25) is 0 Å². The van der Waals surface area contributed by atoms with Crippen molar-refractivity contribution in [2.24, 2.45) is 0 Å². The lowest BCUT2D eigenvalue weighted by atomic mass is 10.2. The number of nitro benzene ring substituents is 1. The number of nitrogens with zero attached hydrogens (tertiary/aromatic N) is 2. The van der Waals surface area contributed by atoms with Crippen LogP contribution < -0.4 is 15.4 Å². The van der Waals surface area contributed by atoms with Gasteiger partial charge in [-0.3, -0.25) is 14.9 Å². The monoisotopic (exact) mass is 398 g/mol. The number of nitro groups is 1. The number of anilines is 1. The summed E-state index contributed by atoms with van der Waals surface area (Å²) < 4.78 is 5.65. The van der Waals surface area contributed by atoms with E-state index >= 15 is 0 Å². The maximum absolute atomic E-state index is 12.3. The molecule has 1 aromatic heterocycles. The number of hydrogen-bond acceptors (Lipinski definition) is 7. The summed E-state index contributed by atoms with van der Waals surface area (Å²) in [6.45, 7) is 1.01. The topological polar surface area (TPSA) is 106 Å². The van der Waals surface area contributed by atoms with Crippen molar-refractivity contribution in [3.8, 4) is 5.75 Å². The minimum absolute atomic E-state index is 0.00112. The molecule has 0 aliphatic heterocycles. The lowest BCUT2D eigenvalue weighted by Crippen LogP contribution is -2.28. The van der Waals surface area contributed by atoms with Crippen LogP contribution in [0.4, 0.5) is 11.4 Å². The van der Waals surface area contributed by atoms with Crippen molar-refractivity contribution in [3.63, 3.8) is 0 Å². The Morgan fingerprint density at radius 1 is 1.18 bits per heavy atom. The Bertz CT molecular complexity index is 947. The number of hydrogen-bond donors (Lipinski definition) is 2. The molecule has 0 atom stereocenters. The molecule has 28 heavy (non-hydrogen) atoms. The molecule has 8 nitrogen and oxygen atoms in total. The second-order valence-electron chi connectivity index (χ2n) is 5.75. The molecule has 0 unspecified atom stereocenters. The Balaban J connectivity index is 1.48. The smallest absolute Gasteiger partial charge is 0.292 e. The molecule has 0 saturated heterocycles. The van der Waals surface area contributed by atoms with E-state index in [0.717, 1.165) is 5.69 Å². The highest BCUT2D eigenvalue weighted by molar-refractivity contribution is 7.07. The number of amides is 1. The minimum atomic E-state index is -0.446. The van der Waals surface area contributed by atoms with Crippen LogP contribution in [0, 0.1) is 10.1 Å². The third-order valence-electron chi connectivity index (χ3n) is 3.79. The molecule has 0 radical (unpaired) electrons. The first kappa shape index (κ1) is 19.3. The van der Waals surface area contributed by atoms with Crippen LogP contribution in [0.2, 0.25) is 0 Å². The Morgan fingerprint density at radius 3 is 2.82 bits per heavy atom. The lowest BCUT2D eigenvalue weighted by molar-refractivity contribution is -0.384. The summed E-state index contributed by atoms with van der Waals surface area (Å²) in [5, 5.41) is 18.6. The molecule has 3 rings (SSSR count). The van der Waals surface area contributed by atoms with Gasteiger partial charge in [0.15, 0.2) is 0 Å². The third-order valence-corrected chi connectivity index (χ3v) is 4.43. The number of rotatable bonds is 9. The van der Waals surface area contributed by atoms with Gasteiger partial charge in [-0.1, -0.05) is 18.2 Å². The van der Waals surface area contributed by atoms with Crippen LogP contribution >= 0.6 is 11.3 Å². The molecule has 1 amide bonds. The van der Waals surface area contributed by atoms with Gasteiger partial charge in [-0.2, -0.15) is 0 Å². The predicted octanol–water partition coefficient (Wildman–Crippen LogP) is 3.47. The molecule has 0 fully saturated rings. The third kappa shape index (κ3) is 5.27. The Kier molecular flexibility index (Phi) is 6.53. The summed E-state index contributed by atoms with van der Waals surface area (Å²) in [5.74, 6) is 0.335. The fourth-order valence-electron chi connectivity index (χ4n) is 2.45. The molecular weight excluding hydrogens is 380 g/mol. The highest BCUT2D eigenvalue weighted by Crippen LogP contribution is 2.22. The average molecular weight is 398 g/mol. The van der Waals surface area contributed by atoms with Gasteiger partial charge in [0, 0.05) is 30.1 Å². The van der Waals surface area contributed by atoms with Crippen LogP contribution in [0.25, 0.3) is 0 Å². The second-order valence-corrected chi connectivity index (χ2v) is 6.47. The zero-order chi connectivity index (χ0) is 19.8. The zero-order valence-corrected chi connectivity index (χ0v) is 15.6. The van der Waals surface area contributed by atoms with Crippen LogP contribution in [0.5, 0.6) is 5.75 Å². The number of carbonyl (C=O) groups excluding carboxylic acids is 1. The Morgan fingerprint density at radius 2 is 2.04 bits per heavy atom. The Hall–Kier alpha value is -3.46. The molecule has 144 valence electrons. The summed E-state index contributed by atoms with van der Waals surface area (Å²) in [5.41, 5.74) is 3.46. The number of ether oxygens (including phenoxy) is 1. The Labute approximate surface area is 165 Å². The van der Waals surface area contributed by atoms with E-state index in [0.29, 0.717) is 36.7 Å². The van der Waals surface area contributed by atoms with Gasteiger partial charge in [0.1, 0.15) is 18.0 Å². The minimum Gasteiger partial charge on any atom is -0.487 e. The molecule has 0 aliphatic rings. The highest BCUT2D eigenvalue weighted by atomic mass is 32.1. The van der Waals surface area contributed by atoms with E-state index in [4.69, 9.17) is 4.74 Å². The number of thiazole rings is 1. The van der Waals surface area contributed by atoms with Gasteiger partial charge in [0.05, 0.1) is 16.1 Å². The molecular formula is C19H18N4O4S. The molecule has 0 spiro atoms. The largest absolute Gasteiger partial charge is 0.487 e. The van der Waals surface area contributed by atoms with E-state index in [1.54, 1.807) is 48.0 Å². The fourth-order valence-corrected chi connectivity index (χ4v) is 2.99. The lowest BCUT2D eigenvalue weighted by Gasteiger charge is -2.09. The predicted molar refractivity (Wildman–Crippen MR) is 107 cm³/mol. The van der Waals surface area contributed by atoms with Gasteiger partial charge in [-0.25, -0.2) is 4.98 Å². The first-order valence-electron chi connectivity index (χ1n) is 8.49. The fraction of sp³-hybridized carbons (Fsp3) is 0.158. The van der Waals surface area contributed by atoms with Gasteiger partial charge in [-0.15, -0.1) is 11.3 Å². The first-order valence-corrected chi connectivity index (χ1v) is 9.43. The summed E-state index contributed by atoms with van der Waals surface area (Å²) >= 11 is 1.50.